The first-order valence-electron chi connectivity index (χ1n) is 5.76. The number of hydrogen-bond acceptors (Lipinski definition) is 4. The van der Waals surface area contributed by atoms with Gasteiger partial charge >= 0.3 is 0 Å². The molecule has 1 N–H and O–H groups in total. The highest BCUT2D eigenvalue weighted by atomic mass is 79.9. The Morgan fingerprint density at radius 2 is 2.15 bits per heavy atom. The van der Waals surface area contributed by atoms with Gasteiger partial charge in [-0.2, -0.15) is 14.9 Å². The van der Waals surface area contributed by atoms with Crippen molar-refractivity contribution in [3.05, 3.63) is 57.7 Å². The molecule has 5 nitrogen and oxygen atoms in total. The van der Waals surface area contributed by atoms with Gasteiger partial charge in [-0.15, -0.1) is 0 Å². The summed E-state index contributed by atoms with van der Waals surface area (Å²) in [6.07, 6.45) is 3.18. The fourth-order valence-electron chi connectivity index (χ4n) is 1.70. The van der Waals surface area contributed by atoms with Gasteiger partial charge in [0.25, 0.3) is 0 Å². The van der Waals surface area contributed by atoms with Crippen LogP contribution in [0.4, 0.5) is 0 Å². The van der Waals surface area contributed by atoms with Gasteiger partial charge in [0.05, 0.1) is 12.5 Å². The summed E-state index contributed by atoms with van der Waals surface area (Å²) in [5, 5.41) is 11.3. The van der Waals surface area contributed by atoms with Gasteiger partial charge in [0, 0.05) is 10.0 Å². The lowest BCUT2D eigenvalue weighted by atomic mass is 10.2. The van der Waals surface area contributed by atoms with Gasteiger partial charge in [0.2, 0.25) is 4.77 Å². The normalized spacial score (nSPS) is 11.2. The number of H-pyrrole nitrogens is 1. The molecular formula is C13H9BrN4OS. The van der Waals surface area contributed by atoms with Crippen molar-refractivity contribution in [2.24, 2.45) is 5.10 Å². The van der Waals surface area contributed by atoms with Crippen molar-refractivity contribution < 1.29 is 4.42 Å². The van der Waals surface area contributed by atoms with Crippen LogP contribution >= 0.6 is 28.1 Å². The monoisotopic (exact) mass is 348 g/mol. The Bertz CT molecular complexity index is 804. The second-order valence-corrected chi connectivity index (χ2v) is 5.15. The van der Waals surface area contributed by atoms with E-state index in [4.69, 9.17) is 16.6 Å². The second kappa shape index (κ2) is 5.56. The Hall–Kier alpha value is -1.99. The molecule has 100 valence electrons. The molecule has 0 spiro atoms. The van der Waals surface area contributed by atoms with E-state index in [9.17, 15) is 0 Å². The van der Waals surface area contributed by atoms with E-state index in [0.717, 1.165) is 10.0 Å². The quantitative estimate of drug-likeness (QED) is 0.577. The largest absolute Gasteiger partial charge is 0.463 e. The third kappa shape index (κ3) is 2.50. The molecule has 3 aromatic rings. The van der Waals surface area contributed by atoms with Crippen LogP contribution < -0.4 is 0 Å². The lowest BCUT2D eigenvalue weighted by molar-refractivity contribution is 0.559. The van der Waals surface area contributed by atoms with Gasteiger partial charge in [0.15, 0.2) is 5.82 Å². The SMILES string of the molecule is S=c1[nH]nc(-c2ccccc2Br)n1/N=C\c1ccco1. The highest BCUT2D eigenvalue weighted by molar-refractivity contribution is 9.10. The van der Waals surface area contributed by atoms with Crippen molar-refractivity contribution in [3.63, 3.8) is 0 Å². The minimum atomic E-state index is 0.415. The van der Waals surface area contributed by atoms with Crippen molar-refractivity contribution in [1.82, 2.24) is 14.9 Å². The van der Waals surface area contributed by atoms with Crippen LogP contribution in [-0.4, -0.2) is 21.1 Å². The van der Waals surface area contributed by atoms with Crippen LogP contribution in [0.3, 0.4) is 0 Å². The third-order valence-electron chi connectivity index (χ3n) is 2.61. The zero-order valence-electron chi connectivity index (χ0n) is 10.2. The molecule has 0 atom stereocenters. The molecule has 0 fully saturated rings. The fraction of sp³-hybridized carbons (Fsp3) is 0. The van der Waals surface area contributed by atoms with Crippen LogP contribution in [0.5, 0.6) is 0 Å². The summed E-state index contributed by atoms with van der Waals surface area (Å²) in [5.74, 6) is 1.27. The number of aromatic amines is 1. The molecule has 0 bridgehead atoms. The van der Waals surface area contributed by atoms with Gasteiger partial charge in [-0.05, 0) is 36.5 Å². The Morgan fingerprint density at radius 1 is 1.30 bits per heavy atom. The van der Waals surface area contributed by atoms with Crippen LogP contribution in [0.1, 0.15) is 5.76 Å². The summed E-state index contributed by atoms with van der Waals surface area (Å²) in [6, 6.07) is 11.3. The third-order valence-corrected chi connectivity index (χ3v) is 3.56. The van der Waals surface area contributed by atoms with Crippen LogP contribution in [0.15, 0.2) is 56.7 Å². The van der Waals surface area contributed by atoms with E-state index in [1.54, 1.807) is 23.2 Å². The van der Waals surface area contributed by atoms with E-state index in [-0.39, 0.29) is 0 Å². The van der Waals surface area contributed by atoms with E-state index in [0.29, 0.717) is 16.4 Å². The maximum atomic E-state index is 5.20. The number of hydrogen-bond donors (Lipinski definition) is 1. The molecule has 0 radical (unpaired) electrons. The van der Waals surface area contributed by atoms with Gasteiger partial charge in [-0.1, -0.05) is 28.1 Å². The molecule has 1 aromatic carbocycles. The average Bonchev–Trinajstić information content (AvgIpc) is 3.07. The van der Waals surface area contributed by atoms with Crippen molar-refractivity contribution in [2.45, 2.75) is 0 Å². The molecule has 3 rings (SSSR count). The maximum absolute atomic E-state index is 5.20. The molecule has 0 unspecified atom stereocenters. The van der Waals surface area contributed by atoms with Gasteiger partial charge in [0.1, 0.15) is 5.76 Å². The number of furan rings is 1. The smallest absolute Gasteiger partial charge is 0.216 e. The maximum Gasteiger partial charge on any atom is 0.216 e. The Kier molecular flexibility index (Phi) is 3.62. The van der Waals surface area contributed by atoms with Crippen molar-refractivity contribution in [3.8, 4) is 11.4 Å². The fourth-order valence-corrected chi connectivity index (χ4v) is 2.34. The summed E-state index contributed by atoms with van der Waals surface area (Å²) in [4.78, 5) is 0. The molecule has 2 aromatic heterocycles. The van der Waals surface area contributed by atoms with Gasteiger partial charge in [-0.3, -0.25) is 0 Å². The Labute approximate surface area is 128 Å². The molecule has 0 amide bonds. The molecule has 2 heterocycles. The number of rotatable bonds is 3. The molecular weight excluding hydrogens is 340 g/mol. The number of aromatic nitrogens is 3. The lowest BCUT2D eigenvalue weighted by Crippen LogP contribution is -1.95. The van der Waals surface area contributed by atoms with E-state index in [1.807, 2.05) is 30.3 Å². The minimum absolute atomic E-state index is 0.415. The first-order chi connectivity index (χ1) is 9.75. The Morgan fingerprint density at radius 3 is 2.90 bits per heavy atom. The second-order valence-electron chi connectivity index (χ2n) is 3.90. The number of nitrogens with one attached hydrogen (secondary N) is 1. The molecule has 0 aliphatic heterocycles. The van der Waals surface area contributed by atoms with Crippen molar-refractivity contribution in [1.29, 1.82) is 0 Å². The van der Waals surface area contributed by atoms with Crippen molar-refractivity contribution >= 4 is 34.4 Å². The molecule has 0 saturated carbocycles. The predicted octanol–water partition coefficient (Wildman–Crippen LogP) is 3.85. The summed E-state index contributed by atoms with van der Waals surface area (Å²) in [5.41, 5.74) is 0.899. The number of halogens is 1. The zero-order valence-corrected chi connectivity index (χ0v) is 12.6. The van der Waals surface area contributed by atoms with Gasteiger partial charge in [-0.25, -0.2) is 5.10 Å². The Balaban J connectivity index is 2.07. The van der Waals surface area contributed by atoms with Crippen LogP contribution in [0.2, 0.25) is 0 Å². The minimum Gasteiger partial charge on any atom is -0.463 e. The van der Waals surface area contributed by atoms with E-state index >= 15 is 0 Å². The first-order valence-corrected chi connectivity index (χ1v) is 6.96. The average molecular weight is 349 g/mol. The zero-order chi connectivity index (χ0) is 13.9. The summed E-state index contributed by atoms with van der Waals surface area (Å²) < 4.78 is 8.09. The summed E-state index contributed by atoms with van der Waals surface area (Å²) >= 11 is 8.69. The van der Waals surface area contributed by atoms with E-state index in [1.165, 1.54) is 0 Å². The first kappa shape index (κ1) is 13.0. The van der Waals surface area contributed by atoms with E-state index < -0.39 is 0 Å². The van der Waals surface area contributed by atoms with Crippen LogP contribution in [0.25, 0.3) is 11.4 Å². The molecule has 20 heavy (non-hydrogen) atoms. The highest BCUT2D eigenvalue weighted by Gasteiger charge is 2.10. The van der Waals surface area contributed by atoms with Gasteiger partial charge < -0.3 is 4.42 Å². The highest BCUT2D eigenvalue weighted by Crippen LogP contribution is 2.26. The summed E-state index contributed by atoms with van der Waals surface area (Å²) in [7, 11) is 0. The topological polar surface area (TPSA) is 59.1 Å². The predicted molar refractivity (Wildman–Crippen MR) is 82.2 cm³/mol. The molecule has 0 aliphatic rings. The standard InChI is InChI=1S/C13H9BrN4OS/c14-11-6-2-1-5-10(11)12-16-17-13(20)18(12)15-8-9-4-3-7-19-9/h1-8H,(H,17,20)/b15-8-. The molecule has 0 saturated heterocycles. The summed E-state index contributed by atoms with van der Waals surface area (Å²) in [6.45, 7) is 0. The molecule has 0 aliphatic carbocycles. The number of nitrogens with zero attached hydrogens (tertiary/aromatic N) is 3. The van der Waals surface area contributed by atoms with E-state index in [2.05, 4.69) is 31.2 Å². The number of benzene rings is 1. The molecule has 7 heteroatoms. The van der Waals surface area contributed by atoms with Crippen LogP contribution in [0, 0.1) is 4.77 Å². The lowest BCUT2D eigenvalue weighted by Gasteiger charge is -2.02. The van der Waals surface area contributed by atoms with Crippen molar-refractivity contribution in [2.75, 3.05) is 0 Å². The van der Waals surface area contributed by atoms with Crippen LogP contribution in [-0.2, 0) is 0 Å².